The van der Waals surface area contributed by atoms with Gasteiger partial charge in [-0.1, -0.05) is 25.1 Å². The van der Waals surface area contributed by atoms with Crippen LogP contribution in [-0.4, -0.2) is 12.5 Å². The number of hydrogen-bond acceptors (Lipinski definition) is 2. The second-order valence-electron chi connectivity index (χ2n) is 4.91. The van der Waals surface area contributed by atoms with Gasteiger partial charge in [0.2, 0.25) is 0 Å². The van der Waals surface area contributed by atoms with E-state index in [9.17, 15) is 4.79 Å². The van der Waals surface area contributed by atoms with Crippen molar-refractivity contribution in [2.24, 2.45) is 0 Å². The zero-order chi connectivity index (χ0) is 15.2. The van der Waals surface area contributed by atoms with Crippen molar-refractivity contribution in [2.75, 3.05) is 17.2 Å². The predicted molar refractivity (Wildman–Crippen MR) is 97.1 cm³/mol. The van der Waals surface area contributed by atoms with Crippen molar-refractivity contribution in [3.63, 3.8) is 0 Å². The number of aryl methyl sites for hydroxylation is 1. The average molecular weight is 394 g/mol. The topological polar surface area (TPSA) is 41.1 Å². The number of hydrogen-bond donors (Lipinski definition) is 2. The SMILES string of the molecule is CCCNc1cc(C)ccc1C(=O)Nc1ccccc1I. The van der Waals surface area contributed by atoms with Gasteiger partial charge >= 0.3 is 0 Å². The molecule has 0 aliphatic carbocycles. The summed E-state index contributed by atoms with van der Waals surface area (Å²) in [6.45, 7) is 4.99. The Morgan fingerprint density at radius 1 is 1.14 bits per heavy atom. The zero-order valence-electron chi connectivity index (χ0n) is 12.2. The molecule has 0 radical (unpaired) electrons. The molecule has 0 heterocycles. The summed E-state index contributed by atoms with van der Waals surface area (Å²) in [6, 6.07) is 13.6. The molecule has 0 saturated heterocycles. The van der Waals surface area contributed by atoms with Crippen molar-refractivity contribution in [3.8, 4) is 0 Å². The van der Waals surface area contributed by atoms with Crippen LogP contribution in [0.25, 0.3) is 0 Å². The van der Waals surface area contributed by atoms with Crippen LogP contribution in [0.1, 0.15) is 29.3 Å². The summed E-state index contributed by atoms with van der Waals surface area (Å²) in [4.78, 5) is 12.5. The molecule has 0 saturated carbocycles. The fourth-order valence-electron chi connectivity index (χ4n) is 2.01. The first-order valence-corrected chi connectivity index (χ1v) is 8.10. The lowest BCUT2D eigenvalue weighted by Gasteiger charge is -2.13. The quantitative estimate of drug-likeness (QED) is 0.724. The molecule has 0 aliphatic heterocycles. The van der Waals surface area contributed by atoms with E-state index in [-0.39, 0.29) is 5.91 Å². The standard InChI is InChI=1S/C17H19IN2O/c1-3-10-19-16-11-12(2)8-9-13(16)17(21)20-15-7-5-4-6-14(15)18/h4-9,11,19H,3,10H2,1-2H3,(H,20,21). The number of anilines is 2. The Balaban J connectivity index is 2.24. The van der Waals surface area contributed by atoms with E-state index in [1.165, 1.54) is 0 Å². The highest BCUT2D eigenvalue weighted by molar-refractivity contribution is 14.1. The number of nitrogens with one attached hydrogen (secondary N) is 2. The van der Waals surface area contributed by atoms with Gasteiger partial charge in [-0.3, -0.25) is 4.79 Å². The van der Waals surface area contributed by atoms with Gasteiger partial charge in [-0.05, 0) is 65.8 Å². The van der Waals surface area contributed by atoms with Crippen molar-refractivity contribution >= 4 is 39.9 Å². The Morgan fingerprint density at radius 3 is 2.62 bits per heavy atom. The highest BCUT2D eigenvalue weighted by Gasteiger charge is 2.12. The van der Waals surface area contributed by atoms with Gasteiger partial charge in [-0.15, -0.1) is 0 Å². The minimum absolute atomic E-state index is 0.0854. The smallest absolute Gasteiger partial charge is 0.257 e. The lowest BCUT2D eigenvalue weighted by Crippen LogP contribution is -2.16. The molecule has 2 N–H and O–H groups in total. The summed E-state index contributed by atoms with van der Waals surface area (Å²) in [6.07, 6.45) is 1.02. The normalized spacial score (nSPS) is 10.2. The van der Waals surface area contributed by atoms with E-state index < -0.39 is 0 Å². The molecule has 0 aliphatic rings. The molecule has 3 nitrogen and oxygen atoms in total. The first-order valence-electron chi connectivity index (χ1n) is 7.02. The van der Waals surface area contributed by atoms with Crippen molar-refractivity contribution in [1.82, 2.24) is 0 Å². The van der Waals surface area contributed by atoms with E-state index in [1.54, 1.807) is 0 Å². The molecule has 1 amide bonds. The molecule has 0 atom stereocenters. The van der Waals surface area contributed by atoms with Gasteiger partial charge in [0.15, 0.2) is 0 Å². The molecule has 110 valence electrons. The number of carbonyl (C=O) groups is 1. The Bertz CT molecular complexity index is 640. The third-order valence-corrected chi connectivity index (χ3v) is 4.05. The maximum Gasteiger partial charge on any atom is 0.257 e. The molecule has 2 aromatic rings. The summed E-state index contributed by atoms with van der Waals surface area (Å²) in [5.74, 6) is -0.0854. The summed E-state index contributed by atoms with van der Waals surface area (Å²) in [7, 11) is 0. The zero-order valence-corrected chi connectivity index (χ0v) is 14.4. The second kappa shape index (κ2) is 7.45. The Hall–Kier alpha value is -1.56. The van der Waals surface area contributed by atoms with Crippen LogP contribution in [-0.2, 0) is 0 Å². The van der Waals surface area contributed by atoms with Crippen molar-refractivity contribution < 1.29 is 4.79 Å². The largest absolute Gasteiger partial charge is 0.384 e. The van der Waals surface area contributed by atoms with Crippen molar-refractivity contribution in [1.29, 1.82) is 0 Å². The summed E-state index contributed by atoms with van der Waals surface area (Å²) < 4.78 is 1.03. The average Bonchev–Trinajstić information content (AvgIpc) is 2.47. The molecule has 2 aromatic carbocycles. The van der Waals surface area contributed by atoms with E-state index in [2.05, 4.69) is 40.1 Å². The molecule has 0 unspecified atom stereocenters. The molecule has 0 aromatic heterocycles. The number of para-hydroxylation sites is 1. The van der Waals surface area contributed by atoms with Gasteiger partial charge in [0.05, 0.1) is 11.3 Å². The van der Waals surface area contributed by atoms with Gasteiger partial charge in [0.25, 0.3) is 5.91 Å². The van der Waals surface area contributed by atoms with Crippen molar-refractivity contribution in [3.05, 3.63) is 57.2 Å². The molecule has 0 spiro atoms. The van der Waals surface area contributed by atoms with Gasteiger partial charge in [0, 0.05) is 15.8 Å². The number of halogens is 1. The second-order valence-corrected chi connectivity index (χ2v) is 6.07. The molecule has 0 bridgehead atoms. The van der Waals surface area contributed by atoms with Crippen LogP contribution < -0.4 is 10.6 Å². The Kier molecular flexibility index (Phi) is 5.61. The molecule has 0 fully saturated rings. The number of carbonyl (C=O) groups excluding carboxylic acids is 1. The fourth-order valence-corrected chi connectivity index (χ4v) is 2.54. The number of rotatable bonds is 5. The summed E-state index contributed by atoms with van der Waals surface area (Å²) in [5, 5.41) is 6.30. The van der Waals surface area contributed by atoms with E-state index in [0.29, 0.717) is 5.56 Å². The third-order valence-electron chi connectivity index (χ3n) is 3.11. The first-order chi connectivity index (χ1) is 10.1. The molecular formula is C17H19IN2O. The van der Waals surface area contributed by atoms with Crippen LogP contribution in [0.15, 0.2) is 42.5 Å². The van der Waals surface area contributed by atoms with Crippen LogP contribution >= 0.6 is 22.6 Å². The van der Waals surface area contributed by atoms with Gasteiger partial charge in [0.1, 0.15) is 0 Å². The fraction of sp³-hybridized carbons (Fsp3) is 0.235. The van der Waals surface area contributed by atoms with Crippen LogP contribution in [0, 0.1) is 10.5 Å². The molecular weight excluding hydrogens is 375 g/mol. The van der Waals surface area contributed by atoms with E-state index >= 15 is 0 Å². The van der Waals surface area contributed by atoms with Gasteiger partial charge < -0.3 is 10.6 Å². The molecule has 21 heavy (non-hydrogen) atoms. The van der Waals surface area contributed by atoms with E-state index in [1.807, 2.05) is 49.4 Å². The maximum atomic E-state index is 12.5. The highest BCUT2D eigenvalue weighted by atomic mass is 127. The minimum atomic E-state index is -0.0854. The summed E-state index contributed by atoms with van der Waals surface area (Å²) in [5.41, 5.74) is 3.54. The van der Waals surface area contributed by atoms with E-state index in [4.69, 9.17) is 0 Å². The predicted octanol–water partition coefficient (Wildman–Crippen LogP) is 4.67. The Labute approximate surface area is 139 Å². The van der Waals surface area contributed by atoms with E-state index in [0.717, 1.165) is 33.5 Å². The Morgan fingerprint density at radius 2 is 1.90 bits per heavy atom. The highest BCUT2D eigenvalue weighted by Crippen LogP contribution is 2.22. The lowest BCUT2D eigenvalue weighted by atomic mass is 10.1. The van der Waals surface area contributed by atoms with Crippen LogP contribution in [0.5, 0.6) is 0 Å². The van der Waals surface area contributed by atoms with Gasteiger partial charge in [-0.2, -0.15) is 0 Å². The van der Waals surface area contributed by atoms with Crippen LogP contribution in [0.3, 0.4) is 0 Å². The molecule has 4 heteroatoms. The number of amides is 1. The van der Waals surface area contributed by atoms with Gasteiger partial charge in [-0.25, -0.2) is 0 Å². The van der Waals surface area contributed by atoms with Crippen molar-refractivity contribution in [2.45, 2.75) is 20.3 Å². The molecule has 2 rings (SSSR count). The minimum Gasteiger partial charge on any atom is -0.384 e. The maximum absolute atomic E-state index is 12.5. The van der Waals surface area contributed by atoms with Crippen LogP contribution in [0.2, 0.25) is 0 Å². The monoisotopic (exact) mass is 394 g/mol. The first kappa shape index (κ1) is 15.8. The third kappa shape index (κ3) is 4.20. The lowest BCUT2D eigenvalue weighted by molar-refractivity contribution is 0.102. The number of benzene rings is 2. The van der Waals surface area contributed by atoms with Crippen LogP contribution in [0.4, 0.5) is 11.4 Å². The summed E-state index contributed by atoms with van der Waals surface area (Å²) >= 11 is 2.22.